The summed E-state index contributed by atoms with van der Waals surface area (Å²) in [6.45, 7) is 0. The van der Waals surface area contributed by atoms with Crippen molar-refractivity contribution in [3.05, 3.63) is 79.0 Å². The first kappa shape index (κ1) is 13.8. The number of fused-ring (bicyclic) bond motifs is 3. The summed E-state index contributed by atoms with van der Waals surface area (Å²) in [5.74, 6) is 0. The molecule has 0 saturated carbocycles. The highest BCUT2D eigenvalue weighted by Gasteiger charge is 2.11. The van der Waals surface area contributed by atoms with Gasteiger partial charge in [-0.2, -0.15) is 0 Å². The summed E-state index contributed by atoms with van der Waals surface area (Å²) in [6.07, 6.45) is 2.13. The fraction of sp³-hybridized carbons (Fsp3) is 0. The van der Waals surface area contributed by atoms with Gasteiger partial charge in [-0.1, -0.05) is 54.6 Å². The maximum atomic E-state index is 4.97. The Balaban J connectivity index is 1.92. The van der Waals surface area contributed by atoms with Crippen LogP contribution in [-0.2, 0) is 0 Å². The van der Waals surface area contributed by atoms with E-state index in [9.17, 15) is 0 Å². The van der Waals surface area contributed by atoms with Crippen molar-refractivity contribution in [2.75, 3.05) is 0 Å². The van der Waals surface area contributed by atoms with Crippen LogP contribution in [0.15, 0.2) is 79.0 Å². The van der Waals surface area contributed by atoms with Gasteiger partial charge in [0.15, 0.2) is 0 Å². The zero-order valence-electron chi connectivity index (χ0n) is 13.1. The van der Waals surface area contributed by atoms with Gasteiger partial charge in [-0.05, 0) is 29.8 Å². The summed E-state index contributed by atoms with van der Waals surface area (Å²) in [5, 5.41) is 3.63. The van der Waals surface area contributed by atoms with Crippen molar-refractivity contribution in [1.82, 2.24) is 8.53 Å². The fourth-order valence-electron chi connectivity index (χ4n) is 3.50. The lowest BCUT2D eigenvalue weighted by Crippen LogP contribution is -1.92. The summed E-state index contributed by atoms with van der Waals surface area (Å²) in [5.41, 5.74) is 5.79. The molecule has 0 bridgehead atoms. The van der Waals surface area contributed by atoms with Crippen LogP contribution >= 0.6 is 0 Å². The maximum absolute atomic E-state index is 4.97. The third kappa shape index (κ3) is 1.99. The molecule has 5 rings (SSSR count). The average Bonchev–Trinajstić information content (AvgIpc) is 3.01. The Hall–Kier alpha value is -2.60. The summed E-state index contributed by atoms with van der Waals surface area (Å²) in [6, 6.07) is 25.6. The van der Waals surface area contributed by atoms with Crippen LogP contribution in [0.1, 0.15) is 0 Å². The predicted molar refractivity (Wildman–Crippen MR) is 103 cm³/mol. The normalized spacial score (nSPS) is 11.5. The van der Waals surface area contributed by atoms with Crippen molar-refractivity contribution in [3.63, 3.8) is 0 Å². The standard InChI is InChI=1S/C21H13N2.Al.H/c1-2-10-19-15(5-1)13-16-7-4-9-18(21(16)23-19)17-8-3-6-14-11-12-22-20(14)17;;/h1-13H;;/q-1;+1;. The van der Waals surface area contributed by atoms with Crippen LogP contribution in [0.2, 0.25) is 0 Å². The Morgan fingerprint density at radius 1 is 0.708 bits per heavy atom. The van der Waals surface area contributed by atoms with Gasteiger partial charge in [0.25, 0.3) is 0 Å². The van der Waals surface area contributed by atoms with E-state index < -0.39 is 0 Å². The molecule has 0 N–H and O–H groups in total. The molecule has 0 aliphatic heterocycles. The molecule has 2 nitrogen and oxygen atoms in total. The van der Waals surface area contributed by atoms with E-state index in [0.717, 1.165) is 11.0 Å². The molecule has 0 atom stereocenters. The second kappa shape index (κ2) is 5.21. The van der Waals surface area contributed by atoms with Gasteiger partial charge in [0.2, 0.25) is 0 Å². The van der Waals surface area contributed by atoms with Gasteiger partial charge in [-0.25, -0.2) is 4.98 Å². The second-order valence-corrected chi connectivity index (χ2v) is 6.77. The van der Waals surface area contributed by atoms with Gasteiger partial charge in [0.1, 0.15) is 0 Å². The molecule has 0 aliphatic rings. The zero-order valence-corrected chi connectivity index (χ0v) is 14.5. The lowest BCUT2D eigenvalue weighted by Gasteiger charge is -2.11. The van der Waals surface area contributed by atoms with Gasteiger partial charge < -0.3 is 3.55 Å². The Morgan fingerprint density at radius 3 is 2.38 bits per heavy atom. The number of nitrogens with zero attached hydrogens (tertiary/aromatic N) is 2. The zero-order chi connectivity index (χ0) is 16.1. The molecule has 2 aromatic heterocycles. The van der Waals surface area contributed by atoms with Crippen LogP contribution in [-0.4, -0.2) is 25.0 Å². The van der Waals surface area contributed by atoms with Crippen LogP contribution in [0.25, 0.3) is 43.8 Å². The van der Waals surface area contributed by atoms with E-state index in [2.05, 4.69) is 76.5 Å². The monoisotopic (exact) mass is 321 g/mol. The van der Waals surface area contributed by atoms with E-state index in [0.29, 0.717) is 0 Å². The molecule has 24 heavy (non-hydrogen) atoms. The van der Waals surface area contributed by atoms with E-state index in [1.807, 2.05) is 22.6 Å². The van der Waals surface area contributed by atoms with Crippen molar-refractivity contribution < 1.29 is 0 Å². The van der Waals surface area contributed by atoms with E-state index in [1.54, 1.807) is 0 Å². The van der Waals surface area contributed by atoms with E-state index in [1.165, 1.54) is 32.8 Å². The van der Waals surface area contributed by atoms with Crippen molar-refractivity contribution in [2.24, 2.45) is 0 Å². The van der Waals surface area contributed by atoms with E-state index in [-0.39, 0.29) is 0 Å². The topological polar surface area (TPSA) is 17.8 Å². The van der Waals surface area contributed by atoms with Crippen LogP contribution in [0.3, 0.4) is 0 Å². The Morgan fingerprint density at radius 2 is 1.46 bits per heavy atom. The summed E-state index contributed by atoms with van der Waals surface area (Å²) < 4.78 is 2.21. The summed E-state index contributed by atoms with van der Waals surface area (Å²) in [7, 11) is 0. The van der Waals surface area contributed by atoms with Crippen molar-refractivity contribution >= 4 is 49.2 Å². The Bertz CT molecular complexity index is 1220. The summed E-state index contributed by atoms with van der Waals surface area (Å²) in [4.78, 5) is 4.97. The molecule has 1 radical (unpaired) electrons. The molecule has 111 valence electrons. The molecule has 0 fully saturated rings. The first-order chi connectivity index (χ1) is 11.8. The Kier molecular flexibility index (Phi) is 3.00. The Labute approximate surface area is 148 Å². The van der Waals surface area contributed by atoms with Crippen LogP contribution in [0.5, 0.6) is 0 Å². The molecule has 5 aromatic rings. The number of hydrogen-bond acceptors (Lipinski definition) is 1. The van der Waals surface area contributed by atoms with Crippen molar-refractivity contribution in [2.45, 2.75) is 0 Å². The third-order valence-corrected chi connectivity index (χ3v) is 5.15. The first-order valence-corrected chi connectivity index (χ1v) is 8.64. The van der Waals surface area contributed by atoms with E-state index in [4.69, 9.17) is 4.98 Å². The van der Waals surface area contributed by atoms with Gasteiger partial charge in [-0.15, -0.1) is 0 Å². The molecular formula is C21H14AlN2. The number of rotatable bonds is 1. The lowest BCUT2D eigenvalue weighted by molar-refractivity contribution is 1.32. The predicted octanol–water partition coefficient (Wildman–Crippen LogP) is 4.67. The van der Waals surface area contributed by atoms with Gasteiger partial charge >= 0.3 is 16.5 Å². The number of benzene rings is 3. The number of pyridine rings is 1. The highest BCUT2D eigenvalue weighted by molar-refractivity contribution is 6.15. The van der Waals surface area contributed by atoms with Gasteiger partial charge in [0, 0.05) is 27.4 Å². The highest BCUT2D eigenvalue weighted by atomic mass is 27.1. The molecule has 3 heteroatoms. The summed E-state index contributed by atoms with van der Waals surface area (Å²) >= 11 is 1.87. The molecule has 2 heterocycles. The van der Waals surface area contributed by atoms with Crippen LogP contribution in [0, 0.1) is 0 Å². The van der Waals surface area contributed by atoms with Crippen LogP contribution in [0.4, 0.5) is 0 Å². The van der Waals surface area contributed by atoms with Gasteiger partial charge in [0.05, 0.1) is 11.0 Å². The number of aromatic nitrogens is 2. The molecule has 0 amide bonds. The number of para-hydroxylation sites is 3. The molecule has 0 saturated heterocycles. The van der Waals surface area contributed by atoms with Crippen molar-refractivity contribution in [3.8, 4) is 11.1 Å². The maximum Gasteiger partial charge on any atom is 0.348 e. The SMILES string of the molecule is [AlH][n]1ccc2cccc(-c3cccc4cc5ccccc5nc34)c21. The minimum atomic E-state index is 1.04. The quantitative estimate of drug-likeness (QED) is 0.324. The molecule has 0 spiro atoms. The first-order valence-electron chi connectivity index (χ1n) is 8.01. The average molecular weight is 321 g/mol. The third-order valence-electron chi connectivity index (χ3n) is 4.63. The minimum absolute atomic E-state index is 1.04. The molecule has 0 unspecified atom stereocenters. The van der Waals surface area contributed by atoms with E-state index >= 15 is 0 Å². The molecule has 3 aromatic carbocycles. The highest BCUT2D eigenvalue weighted by Crippen LogP contribution is 2.34. The van der Waals surface area contributed by atoms with Crippen molar-refractivity contribution in [1.29, 1.82) is 0 Å². The number of hydrogen-bond donors (Lipinski definition) is 0. The fourth-order valence-corrected chi connectivity index (χ4v) is 3.96. The molecule has 0 aliphatic carbocycles. The van der Waals surface area contributed by atoms with Gasteiger partial charge in [-0.3, -0.25) is 0 Å². The van der Waals surface area contributed by atoms with Crippen LogP contribution < -0.4 is 0 Å². The largest absolute Gasteiger partial charge is 0.451 e. The molecular weight excluding hydrogens is 307 g/mol. The minimum Gasteiger partial charge on any atom is -0.451 e. The smallest absolute Gasteiger partial charge is 0.348 e. The lowest BCUT2D eigenvalue weighted by atomic mass is 9.99. The second-order valence-electron chi connectivity index (χ2n) is 6.09.